The number of hydrogen-bond acceptors (Lipinski definition) is 0. The lowest BCUT2D eigenvalue weighted by atomic mass is 9.95. The van der Waals surface area contributed by atoms with Crippen LogP contribution in [0.25, 0.3) is 0 Å². The van der Waals surface area contributed by atoms with Gasteiger partial charge in [0, 0.05) is 5.33 Å². The van der Waals surface area contributed by atoms with Crippen LogP contribution in [0.2, 0.25) is 0 Å². The smallest absolute Gasteiger partial charge is 0.166 e. The maximum atomic E-state index is 12.4. The summed E-state index contributed by atoms with van der Waals surface area (Å²) in [6, 6.07) is 5.55. The molecule has 16 heavy (non-hydrogen) atoms. The molecule has 0 heterocycles. The summed E-state index contributed by atoms with van der Waals surface area (Å²) in [6.07, 6.45) is -3.19. The summed E-state index contributed by atoms with van der Waals surface area (Å²) in [7, 11) is 0. The lowest BCUT2D eigenvalue weighted by Gasteiger charge is -2.13. The minimum absolute atomic E-state index is 0.0631. The van der Waals surface area contributed by atoms with Crippen molar-refractivity contribution < 1.29 is 13.2 Å². The van der Waals surface area contributed by atoms with E-state index in [1.165, 1.54) is 12.1 Å². The molecule has 2 rings (SSSR count). The first kappa shape index (κ1) is 12.0. The highest BCUT2D eigenvalue weighted by Crippen LogP contribution is 2.54. The molecule has 2 atom stereocenters. The van der Waals surface area contributed by atoms with Gasteiger partial charge in [0.2, 0.25) is 0 Å². The molecule has 0 radical (unpaired) electrons. The van der Waals surface area contributed by atoms with Gasteiger partial charge in [0.25, 0.3) is 0 Å². The van der Waals surface area contributed by atoms with Crippen molar-refractivity contribution in [2.24, 2.45) is 5.92 Å². The van der Waals surface area contributed by atoms with E-state index in [2.05, 4.69) is 22.9 Å². The first-order valence-electron chi connectivity index (χ1n) is 5.11. The molecule has 4 heteroatoms. The molecule has 1 fully saturated rings. The first-order valence-corrected chi connectivity index (χ1v) is 6.24. The Morgan fingerprint density at radius 1 is 1.31 bits per heavy atom. The molecule has 1 aromatic carbocycles. The summed E-state index contributed by atoms with van der Waals surface area (Å²) in [6.45, 7) is 2.10. The van der Waals surface area contributed by atoms with Gasteiger partial charge in [0.1, 0.15) is 0 Å². The van der Waals surface area contributed by atoms with Crippen LogP contribution < -0.4 is 0 Å². The average Bonchev–Trinajstić information content (AvgIpc) is 2.90. The van der Waals surface area contributed by atoms with Crippen LogP contribution in [0, 0.1) is 5.92 Å². The average molecular weight is 293 g/mol. The molecule has 1 aliphatic carbocycles. The van der Waals surface area contributed by atoms with E-state index in [1.54, 1.807) is 12.1 Å². The fourth-order valence-electron chi connectivity index (χ4n) is 2.07. The quantitative estimate of drug-likeness (QED) is 0.710. The predicted molar refractivity (Wildman–Crippen MR) is 60.7 cm³/mol. The highest BCUT2D eigenvalue weighted by Gasteiger charge is 2.50. The normalized spacial score (nSPS) is 29.2. The summed E-state index contributed by atoms with van der Waals surface area (Å²) < 4.78 is 37.1. The van der Waals surface area contributed by atoms with Crippen molar-refractivity contribution in [1.82, 2.24) is 0 Å². The van der Waals surface area contributed by atoms with E-state index in [9.17, 15) is 13.2 Å². The molecule has 1 saturated carbocycles. The number of alkyl halides is 4. The van der Waals surface area contributed by atoms with Crippen molar-refractivity contribution in [3.8, 4) is 0 Å². The van der Waals surface area contributed by atoms with E-state index < -0.39 is 11.7 Å². The second kappa shape index (κ2) is 3.76. The van der Waals surface area contributed by atoms with Crippen LogP contribution in [0.1, 0.15) is 24.5 Å². The van der Waals surface area contributed by atoms with Crippen LogP contribution in [0.5, 0.6) is 0 Å². The number of halogens is 4. The molecule has 0 bridgehead atoms. The largest absolute Gasteiger partial charge is 0.416 e. The third-order valence-electron chi connectivity index (χ3n) is 3.47. The Morgan fingerprint density at radius 2 is 1.88 bits per heavy atom. The van der Waals surface area contributed by atoms with Crippen LogP contribution in [-0.4, -0.2) is 5.33 Å². The molecule has 88 valence electrons. The van der Waals surface area contributed by atoms with Crippen molar-refractivity contribution in [3.63, 3.8) is 0 Å². The molecule has 1 aromatic rings. The number of rotatable bonds is 2. The summed E-state index contributed by atoms with van der Waals surface area (Å²) in [5.74, 6) is 0.546. The molecule has 0 amide bonds. The zero-order valence-electron chi connectivity index (χ0n) is 8.81. The second-order valence-electron chi connectivity index (χ2n) is 4.55. The zero-order valence-corrected chi connectivity index (χ0v) is 10.4. The van der Waals surface area contributed by atoms with E-state index in [1.807, 2.05) is 0 Å². The Labute approximate surface area is 101 Å². The van der Waals surface area contributed by atoms with Gasteiger partial charge in [-0.25, -0.2) is 0 Å². The molecule has 1 aliphatic rings. The molecule has 0 aliphatic heterocycles. The summed E-state index contributed by atoms with van der Waals surface area (Å²) in [4.78, 5) is 0. The minimum atomic E-state index is -4.24. The molecule has 0 saturated heterocycles. The zero-order chi connectivity index (χ0) is 12.0. The number of hydrogen-bond donors (Lipinski definition) is 0. The fourth-order valence-corrected chi connectivity index (χ4v) is 3.01. The van der Waals surface area contributed by atoms with Gasteiger partial charge < -0.3 is 0 Å². The van der Waals surface area contributed by atoms with Gasteiger partial charge in [-0.05, 0) is 35.4 Å². The van der Waals surface area contributed by atoms with Gasteiger partial charge >= 0.3 is 6.18 Å². The predicted octanol–water partition coefficient (Wildman–Crippen LogP) is 4.38. The van der Waals surface area contributed by atoms with E-state index in [4.69, 9.17) is 0 Å². The molecular formula is C12H12BrF3. The Bertz CT molecular complexity index is 382. The Hall–Kier alpha value is -0.510. The van der Waals surface area contributed by atoms with E-state index in [-0.39, 0.29) is 5.41 Å². The highest BCUT2D eigenvalue weighted by atomic mass is 79.9. The molecule has 0 nitrogen and oxygen atoms in total. The monoisotopic (exact) mass is 292 g/mol. The van der Waals surface area contributed by atoms with E-state index in [0.29, 0.717) is 5.92 Å². The third kappa shape index (κ3) is 1.99. The molecular weight excluding hydrogens is 281 g/mol. The maximum Gasteiger partial charge on any atom is 0.416 e. The van der Waals surface area contributed by atoms with Gasteiger partial charge in [0.05, 0.1) is 5.56 Å². The van der Waals surface area contributed by atoms with Crippen molar-refractivity contribution in [1.29, 1.82) is 0 Å². The topological polar surface area (TPSA) is 0 Å². The van der Waals surface area contributed by atoms with E-state index in [0.717, 1.165) is 17.3 Å². The molecule has 0 aromatic heterocycles. The van der Waals surface area contributed by atoms with Crippen LogP contribution >= 0.6 is 15.9 Å². The molecule has 2 unspecified atom stereocenters. The van der Waals surface area contributed by atoms with Crippen molar-refractivity contribution in [3.05, 3.63) is 35.4 Å². The maximum absolute atomic E-state index is 12.4. The summed E-state index contributed by atoms with van der Waals surface area (Å²) in [5.41, 5.74) is 0.494. The standard InChI is InChI=1S/C12H12BrF3/c1-11(6-10(11)7-13)8-2-4-9(5-3-8)12(14,15)16/h2-5,10H,6-7H2,1H3. The first-order chi connectivity index (χ1) is 7.38. The lowest BCUT2D eigenvalue weighted by molar-refractivity contribution is -0.137. The van der Waals surface area contributed by atoms with Crippen molar-refractivity contribution in [2.75, 3.05) is 5.33 Å². The SMILES string of the molecule is CC1(c2ccc(C(F)(F)F)cc2)CC1CBr. The van der Waals surface area contributed by atoms with Gasteiger partial charge in [-0.15, -0.1) is 0 Å². The Balaban J connectivity index is 2.21. The van der Waals surface area contributed by atoms with Crippen LogP contribution in [-0.2, 0) is 11.6 Å². The second-order valence-corrected chi connectivity index (χ2v) is 5.20. The summed E-state index contributed by atoms with van der Waals surface area (Å²) >= 11 is 3.42. The fraction of sp³-hybridized carbons (Fsp3) is 0.500. The Morgan fingerprint density at radius 3 is 2.25 bits per heavy atom. The van der Waals surface area contributed by atoms with Gasteiger partial charge in [0.15, 0.2) is 0 Å². The molecule has 0 spiro atoms. The van der Waals surface area contributed by atoms with Crippen LogP contribution in [0.4, 0.5) is 13.2 Å². The van der Waals surface area contributed by atoms with Gasteiger partial charge in [-0.1, -0.05) is 35.0 Å². The third-order valence-corrected chi connectivity index (χ3v) is 4.25. The van der Waals surface area contributed by atoms with E-state index >= 15 is 0 Å². The van der Waals surface area contributed by atoms with Crippen molar-refractivity contribution >= 4 is 15.9 Å². The van der Waals surface area contributed by atoms with Crippen molar-refractivity contribution in [2.45, 2.75) is 24.9 Å². The summed E-state index contributed by atoms with van der Waals surface area (Å²) in [5, 5.41) is 0.907. The highest BCUT2D eigenvalue weighted by molar-refractivity contribution is 9.09. The van der Waals surface area contributed by atoms with Crippen LogP contribution in [0.3, 0.4) is 0 Å². The molecule has 0 N–H and O–H groups in total. The number of benzene rings is 1. The minimum Gasteiger partial charge on any atom is -0.166 e. The Kier molecular flexibility index (Phi) is 2.81. The lowest BCUT2D eigenvalue weighted by Crippen LogP contribution is -2.08. The van der Waals surface area contributed by atoms with Gasteiger partial charge in [-0.2, -0.15) is 13.2 Å². The van der Waals surface area contributed by atoms with Gasteiger partial charge in [-0.3, -0.25) is 0 Å². The van der Waals surface area contributed by atoms with Crippen LogP contribution in [0.15, 0.2) is 24.3 Å².